The third-order valence-electron chi connectivity index (χ3n) is 4.17. The number of halogens is 2. The number of methoxy groups -OCH3 is 3. The van der Waals surface area contributed by atoms with E-state index in [1.807, 2.05) is 6.92 Å². The Morgan fingerprint density at radius 2 is 1.69 bits per heavy atom. The van der Waals surface area contributed by atoms with Gasteiger partial charge >= 0.3 is 5.97 Å². The summed E-state index contributed by atoms with van der Waals surface area (Å²) in [7, 11) is 4.21. The molecule has 1 amide bonds. The summed E-state index contributed by atoms with van der Waals surface area (Å²) >= 11 is 12.1. The number of amides is 1. The zero-order chi connectivity index (χ0) is 21.6. The number of nitrogens with one attached hydrogen (secondary N) is 2. The molecule has 0 aliphatic heterocycles. The molecule has 0 aromatic heterocycles. The van der Waals surface area contributed by atoms with Crippen molar-refractivity contribution in [2.45, 2.75) is 13.0 Å². The van der Waals surface area contributed by atoms with Crippen molar-refractivity contribution in [3.63, 3.8) is 0 Å². The number of esters is 1. The zero-order valence-corrected chi connectivity index (χ0v) is 18.0. The van der Waals surface area contributed by atoms with Crippen LogP contribution < -0.4 is 20.1 Å². The zero-order valence-electron chi connectivity index (χ0n) is 16.5. The van der Waals surface area contributed by atoms with Crippen LogP contribution in [0.25, 0.3) is 0 Å². The number of hydrogen-bond donors (Lipinski definition) is 2. The van der Waals surface area contributed by atoms with E-state index in [9.17, 15) is 9.59 Å². The summed E-state index contributed by atoms with van der Waals surface area (Å²) in [5.41, 5.74) is 1.33. The van der Waals surface area contributed by atoms with Gasteiger partial charge in [0.15, 0.2) is 11.5 Å². The Bertz CT molecular complexity index is 905. The van der Waals surface area contributed by atoms with Crippen LogP contribution in [0.15, 0.2) is 30.3 Å². The number of ether oxygens (including phenoxy) is 3. The standard InChI is InChI=1S/C20H22Cl2N2O5/c1-11(13-6-5-12(21)7-15(13)22)24-19(25)10-23-16-9-18(28-3)17(27-2)8-14(16)20(26)29-4/h5-9,11,23H,10H2,1-4H3,(H,24,25). The Balaban J connectivity index is 2.13. The van der Waals surface area contributed by atoms with Crippen molar-refractivity contribution < 1.29 is 23.8 Å². The Labute approximate surface area is 179 Å². The highest BCUT2D eigenvalue weighted by Crippen LogP contribution is 2.33. The monoisotopic (exact) mass is 440 g/mol. The van der Waals surface area contributed by atoms with Gasteiger partial charge in [0.1, 0.15) is 0 Å². The Kier molecular flexibility index (Phi) is 7.99. The van der Waals surface area contributed by atoms with Crippen LogP contribution in [0.5, 0.6) is 11.5 Å². The van der Waals surface area contributed by atoms with Crippen molar-refractivity contribution in [2.24, 2.45) is 0 Å². The van der Waals surface area contributed by atoms with Gasteiger partial charge in [0, 0.05) is 22.2 Å². The van der Waals surface area contributed by atoms with Gasteiger partial charge in [0.2, 0.25) is 5.91 Å². The van der Waals surface area contributed by atoms with Gasteiger partial charge in [0.25, 0.3) is 0 Å². The van der Waals surface area contributed by atoms with Crippen molar-refractivity contribution in [1.82, 2.24) is 5.32 Å². The molecule has 0 bridgehead atoms. The predicted octanol–water partition coefficient (Wildman–Crippen LogP) is 4.09. The van der Waals surface area contributed by atoms with Gasteiger partial charge in [-0.2, -0.15) is 0 Å². The lowest BCUT2D eigenvalue weighted by atomic mass is 10.1. The minimum absolute atomic E-state index is 0.0883. The second kappa shape index (κ2) is 10.2. The molecule has 0 saturated carbocycles. The molecule has 2 rings (SSSR count). The number of carbonyl (C=O) groups is 2. The van der Waals surface area contributed by atoms with Crippen molar-refractivity contribution >= 4 is 40.8 Å². The van der Waals surface area contributed by atoms with Crippen molar-refractivity contribution in [1.29, 1.82) is 0 Å². The predicted molar refractivity (Wildman–Crippen MR) is 112 cm³/mol. The molecule has 0 aliphatic carbocycles. The first-order valence-electron chi connectivity index (χ1n) is 8.63. The molecule has 0 spiro atoms. The van der Waals surface area contributed by atoms with Gasteiger partial charge in [-0.1, -0.05) is 29.3 Å². The molecule has 0 fully saturated rings. The third kappa shape index (κ3) is 5.68. The van der Waals surface area contributed by atoms with Crippen LogP contribution in [0.3, 0.4) is 0 Å². The normalized spacial score (nSPS) is 11.4. The number of anilines is 1. The average Bonchev–Trinajstić information content (AvgIpc) is 2.70. The number of carbonyl (C=O) groups excluding carboxylic acids is 2. The minimum atomic E-state index is -0.574. The first-order chi connectivity index (χ1) is 13.8. The number of benzene rings is 2. The molecule has 0 heterocycles. The summed E-state index contributed by atoms with van der Waals surface area (Å²) in [6.45, 7) is 1.72. The molecule has 9 heteroatoms. The average molecular weight is 441 g/mol. The third-order valence-corrected chi connectivity index (χ3v) is 4.74. The highest BCUT2D eigenvalue weighted by molar-refractivity contribution is 6.35. The van der Waals surface area contributed by atoms with E-state index in [2.05, 4.69) is 10.6 Å². The molecule has 0 saturated heterocycles. The summed E-state index contributed by atoms with van der Waals surface area (Å²) in [6.07, 6.45) is 0. The fourth-order valence-corrected chi connectivity index (χ4v) is 3.27. The molecule has 2 aromatic carbocycles. The molecule has 7 nitrogen and oxygen atoms in total. The van der Waals surface area contributed by atoms with Gasteiger partial charge in [-0.25, -0.2) is 4.79 Å². The van der Waals surface area contributed by atoms with E-state index in [1.54, 1.807) is 24.3 Å². The molecule has 0 aliphatic rings. The molecule has 2 N–H and O–H groups in total. The fourth-order valence-electron chi connectivity index (χ4n) is 2.70. The molecule has 1 atom stereocenters. The lowest BCUT2D eigenvalue weighted by molar-refractivity contribution is -0.120. The maximum absolute atomic E-state index is 12.4. The molecule has 2 aromatic rings. The second-order valence-electron chi connectivity index (χ2n) is 6.05. The lowest BCUT2D eigenvalue weighted by Gasteiger charge is -2.18. The first kappa shape index (κ1) is 22.6. The Morgan fingerprint density at radius 1 is 1.03 bits per heavy atom. The summed E-state index contributed by atoms with van der Waals surface area (Å²) < 4.78 is 15.3. The van der Waals surface area contributed by atoms with Crippen LogP contribution in [0.2, 0.25) is 10.0 Å². The maximum Gasteiger partial charge on any atom is 0.340 e. The van der Waals surface area contributed by atoms with Gasteiger partial charge in [-0.15, -0.1) is 0 Å². The van der Waals surface area contributed by atoms with Gasteiger partial charge < -0.3 is 24.8 Å². The van der Waals surface area contributed by atoms with E-state index in [4.69, 9.17) is 37.4 Å². The Hall–Kier alpha value is -2.64. The van der Waals surface area contributed by atoms with Gasteiger partial charge in [-0.05, 0) is 24.6 Å². The SMILES string of the molecule is COC(=O)c1cc(OC)c(OC)cc1NCC(=O)NC(C)c1ccc(Cl)cc1Cl. The van der Waals surface area contributed by atoms with E-state index in [0.717, 1.165) is 5.56 Å². The van der Waals surface area contributed by atoms with Crippen LogP contribution in [-0.4, -0.2) is 39.8 Å². The fraction of sp³-hybridized carbons (Fsp3) is 0.300. The molecular weight excluding hydrogens is 419 g/mol. The van der Waals surface area contributed by atoms with E-state index < -0.39 is 5.97 Å². The van der Waals surface area contributed by atoms with E-state index in [0.29, 0.717) is 27.2 Å². The van der Waals surface area contributed by atoms with Crippen LogP contribution in [-0.2, 0) is 9.53 Å². The molecule has 1 unspecified atom stereocenters. The van der Waals surface area contributed by atoms with Crippen molar-refractivity contribution in [3.05, 3.63) is 51.5 Å². The highest BCUT2D eigenvalue weighted by atomic mass is 35.5. The van der Waals surface area contributed by atoms with Crippen LogP contribution in [0.4, 0.5) is 5.69 Å². The quantitative estimate of drug-likeness (QED) is 0.601. The van der Waals surface area contributed by atoms with Crippen LogP contribution in [0.1, 0.15) is 28.9 Å². The second-order valence-corrected chi connectivity index (χ2v) is 6.90. The number of hydrogen-bond acceptors (Lipinski definition) is 6. The summed E-state index contributed by atoms with van der Waals surface area (Å²) in [6, 6.07) is 7.80. The minimum Gasteiger partial charge on any atom is -0.493 e. The number of rotatable bonds is 8. The lowest BCUT2D eigenvalue weighted by Crippen LogP contribution is -2.32. The van der Waals surface area contributed by atoms with E-state index in [1.165, 1.54) is 27.4 Å². The topological polar surface area (TPSA) is 85.9 Å². The molecule has 0 radical (unpaired) electrons. The largest absolute Gasteiger partial charge is 0.493 e. The van der Waals surface area contributed by atoms with Crippen molar-refractivity contribution in [2.75, 3.05) is 33.2 Å². The summed E-state index contributed by atoms with van der Waals surface area (Å²) in [5.74, 6) is -0.0948. The van der Waals surface area contributed by atoms with Gasteiger partial charge in [-0.3, -0.25) is 4.79 Å². The van der Waals surface area contributed by atoms with E-state index >= 15 is 0 Å². The molecule has 156 valence electrons. The van der Waals surface area contributed by atoms with Crippen molar-refractivity contribution in [3.8, 4) is 11.5 Å². The molecule has 29 heavy (non-hydrogen) atoms. The van der Waals surface area contributed by atoms with Crippen LogP contribution in [0, 0.1) is 0 Å². The maximum atomic E-state index is 12.4. The van der Waals surface area contributed by atoms with Gasteiger partial charge in [0.05, 0.1) is 45.2 Å². The van der Waals surface area contributed by atoms with Crippen LogP contribution >= 0.6 is 23.2 Å². The Morgan fingerprint density at radius 3 is 2.28 bits per heavy atom. The summed E-state index contributed by atoms with van der Waals surface area (Å²) in [4.78, 5) is 24.5. The van der Waals surface area contributed by atoms with E-state index in [-0.39, 0.29) is 24.1 Å². The molecular formula is C20H22Cl2N2O5. The first-order valence-corrected chi connectivity index (χ1v) is 9.38. The highest BCUT2D eigenvalue weighted by Gasteiger charge is 2.19. The smallest absolute Gasteiger partial charge is 0.340 e. The summed E-state index contributed by atoms with van der Waals surface area (Å²) in [5, 5.41) is 6.75.